The van der Waals surface area contributed by atoms with Crippen molar-refractivity contribution in [2.24, 2.45) is 5.84 Å². The summed E-state index contributed by atoms with van der Waals surface area (Å²) in [5.41, 5.74) is 0. The van der Waals surface area contributed by atoms with Crippen LogP contribution in [0.3, 0.4) is 0 Å². The van der Waals surface area contributed by atoms with E-state index in [9.17, 15) is 0 Å². The minimum absolute atomic E-state index is 1.04. The summed E-state index contributed by atoms with van der Waals surface area (Å²) in [6.45, 7) is 6.51. The molecular formula is C10H24N2. The molecule has 0 fully saturated rings. The van der Waals surface area contributed by atoms with Crippen LogP contribution in [0.25, 0.3) is 0 Å². The first-order valence-corrected chi connectivity index (χ1v) is 5.30. The maximum atomic E-state index is 5.73. The second kappa shape index (κ2) is 9.01. The molecule has 0 saturated carbocycles. The van der Waals surface area contributed by atoms with E-state index in [0.29, 0.717) is 0 Å². The van der Waals surface area contributed by atoms with Crippen LogP contribution < -0.4 is 5.84 Å². The van der Waals surface area contributed by atoms with Crippen molar-refractivity contribution in [1.29, 1.82) is 0 Å². The summed E-state index contributed by atoms with van der Waals surface area (Å²) in [6, 6.07) is 0. The molecule has 0 aliphatic carbocycles. The van der Waals surface area contributed by atoms with Crippen molar-refractivity contribution in [3.05, 3.63) is 0 Å². The minimum atomic E-state index is 1.04. The number of unbranched alkanes of at least 4 members (excludes halogenated alkanes) is 4. The third kappa shape index (κ3) is 8.02. The fraction of sp³-hybridized carbons (Fsp3) is 1.00. The van der Waals surface area contributed by atoms with E-state index in [1.54, 1.807) is 0 Å². The van der Waals surface area contributed by atoms with Gasteiger partial charge in [0, 0.05) is 13.1 Å². The molecule has 0 rings (SSSR count). The van der Waals surface area contributed by atoms with Crippen LogP contribution >= 0.6 is 0 Å². The molecule has 74 valence electrons. The average molecular weight is 172 g/mol. The zero-order valence-corrected chi connectivity index (χ0v) is 8.68. The Morgan fingerprint density at radius 1 is 0.833 bits per heavy atom. The lowest BCUT2D eigenvalue weighted by Crippen LogP contribution is -2.32. The second-order valence-electron chi connectivity index (χ2n) is 3.45. The molecular weight excluding hydrogens is 148 g/mol. The fourth-order valence-corrected chi connectivity index (χ4v) is 1.32. The van der Waals surface area contributed by atoms with Crippen LogP contribution in [0.1, 0.15) is 52.4 Å². The van der Waals surface area contributed by atoms with Gasteiger partial charge in [-0.25, -0.2) is 5.01 Å². The SMILES string of the molecule is CCCCCCCN(N)CCC. The molecule has 0 aliphatic rings. The van der Waals surface area contributed by atoms with Gasteiger partial charge >= 0.3 is 0 Å². The van der Waals surface area contributed by atoms with Crippen molar-refractivity contribution in [3.63, 3.8) is 0 Å². The van der Waals surface area contributed by atoms with E-state index in [0.717, 1.165) is 19.5 Å². The van der Waals surface area contributed by atoms with Gasteiger partial charge in [0.1, 0.15) is 0 Å². The van der Waals surface area contributed by atoms with Gasteiger partial charge in [0.2, 0.25) is 0 Å². The van der Waals surface area contributed by atoms with E-state index in [-0.39, 0.29) is 0 Å². The number of nitrogens with zero attached hydrogens (tertiary/aromatic N) is 1. The predicted molar refractivity (Wildman–Crippen MR) is 54.8 cm³/mol. The first-order valence-electron chi connectivity index (χ1n) is 5.30. The molecule has 2 nitrogen and oxygen atoms in total. The predicted octanol–water partition coefficient (Wildman–Crippen LogP) is 2.54. The van der Waals surface area contributed by atoms with Crippen molar-refractivity contribution in [2.45, 2.75) is 52.4 Å². The molecule has 0 bridgehead atoms. The highest BCUT2D eigenvalue weighted by atomic mass is 15.4. The summed E-state index contributed by atoms with van der Waals surface area (Å²) >= 11 is 0. The maximum Gasteiger partial charge on any atom is 0.0128 e. The van der Waals surface area contributed by atoms with Crippen molar-refractivity contribution >= 4 is 0 Å². The van der Waals surface area contributed by atoms with Crippen LogP contribution in [-0.4, -0.2) is 18.1 Å². The number of nitrogens with two attached hydrogens (primary N) is 1. The number of hydrogen-bond donors (Lipinski definition) is 1. The lowest BCUT2D eigenvalue weighted by atomic mass is 10.1. The standard InChI is InChI=1S/C10H24N2/c1-3-5-6-7-8-10-12(11)9-4-2/h3-11H2,1-2H3. The van der Waals surface area contributed by atoms with Crippen LogP contribution in [0.2, 0.25) is 0 Å². The van der Waals surface area contributed by atoms with Crippen molar-refractivity contribution in [1.82, 2.24) is 5.01 Å². The van der Waals surface area contributed by atoms with Crippen LogP contribution in [-0.2, 0) is 0 Å². The highest BCUT2D eigenvalue weighted by molar-refractivity contribution is 4.48. The van der Waals surface area contributed by atoms with Crippen LogP contribution in [0, 0.1) is 0 Å². The summed E-state index contributed by atoms with van der Waals surface area (Å²) in [5, 5.41) is 1.94. The topological polar surface area (TPSA) is 29.3 Å². The Bertz CT molecular complexity index is 83.9. The summed E-state index contributed by atoms with van der Waals surface area (Å²) < 4.78 is 0. The van der Waals surface area contributed by atoms with E-state index in [1.807, 2.05) is 5.01 Å². The van der Waals surface area contributed by atoms with E-state index in [4.69, 9.17) is 5.84 Å². The normalized spacial score (nSPS) is 11.0. The summed E-state index contributed by atoms with van der Waals surface area (Å²) in [6.07, 6.45) is 7.82. The highest BCUT2D eigenvalue weighted by Crippen LogP contribution is 2.02. The number of hydrogen-bond acceptors (Lipinski definition) is 2. The molecule has 0 spiro atoms. The van der Waals surface area contributed by atoms with Gasteiger partial charge in [0.25, 0.3) is 0 Å². The van der Waals surface area contributed by atoms with E-state index in [1.165, 1.54) is 32.1 Å². The second-order valence-corrected chi connectivity index (χ2v) is 3.45. The first kappa shape index (κ1) is 11.9. The Balaban J connectivity index is 2.97. The summed E-state index contributed by atoms with van der Waals surface area (Å²) in [4.78, 5) is 0. The fourth-order valence-electron chi connectivity index (χ4n) is 1.32. The van der Waals surface area contributed by atoms with Crippen LogP contribution in [0.5, 0.6) is 0 Å². The Kier molecular flexibility index (Phi) is 8.95. The van der Waals surface area contributed by atoms with Crippen molar-refractivity contribution in [3.8, 4) is 0 Å². The molecule has 0 aromatic rings. The lowest BCUT2D eigenvalue weighted by Gasteiger charge is -2.14. The zero-order valence-electron chi connectivity index (χ0n) is 8.68. The Morgan fingerprint density at radius 2 is 1.50 bits per heavy atom. The van der Waals surface area contributed by atoms with Gasteiger partial charge in [-0.15, -0.1) is 0 Å². The van der Waals surface area contributed by atoms with Gasteiger partial charge < -0.3 is 0 Å². The smallest absolute Gasteiger partial charge is 0.0128 e. The molecule has 0 aromatic heterocycles. The molecule has 0 radical (unpaired) electrons. The van der Waals surface area contributed by atoms with Gasteiger partial charge in [0.05, 0.1) is 0 Å². The van der Waals surface area contributed by atoms with Crippen molar-refractivity contribution in [2.75, 3.05) is 13.1 Å². The van der Waals surface area contributed by atoms with Crippen molar-refractivity contribution < 1.29 is 0 Å². The van der Waals surface area contributed by atoms with E-state index < -0.39 is 0 Å². The lowest BCUT2D eigenvalue weighted by molar-refractivity contribution is 0.276. The molecule has 12 heavy (non-hydrogen) atoms. The molecule has 0 aliphatic heterocycles. The Morgan fingerprint density at radius 3 is 2.08 bits per heavy atom. The molecule has 0 atom stereocenters. The van der Waals surface area contributed by atoms with Crippen LogP contribution in [0.15, 0.2) is 0 Å². The molecule has 2 N–H and O–H groups in total. The Hall–Kier alpha value is -0.0800. The number of hydrazine groups is 1. The molecule has 0 unspecified atom stereocenters. The molecule has 0 aromatic carbocycles. The largest absolute Gasteiger partial charge is 0.269 e. The molecule has 0 heterocycles. The molecule has 0 saturated heterocycles. The van der Waals surface area contributed by atoms with Gasteiger partial charge in [-0.2, -0.15) is 0 Å². The number of rotatable bonds is 8. The Labute approximate surface area is 77.1 Å². The van der Waals surface area contributed by atoms with E-state index in [2.05, 4.69) is 13.8 Å². The van der Waals surface area contributed by atoms with Crippen LogP contribution in [0.4, 0.5) is 0 Å². The minimum Gasteiger partial charge on any atom is -0.269 e. The monoisotopic (exact) mass is 172 g/mol. The van der Waals surface area contributed by atoms with Gasteiger partial charge in [-0.05, 0) is 12.8 Å². The average Bonchev–Trinajstić information content (AvgIpc) is 2.05. The first-order chi connectivity index (χ1) is 5.81. The van der Waals surface area contributed by atoms with E-state index >= 15 is 0 Å². The molecule has 2 heteroatoms. The quantitative estimate of drug-likeness (QED) is 0.346. The van der Waals surface area contributed by atoms with Gasteiger partial charge in [-0.3, -0.25) is 5.84 Å². The maximum absolute atomic E-state index is 5.73. The molecule has 0 amide bonds. The van der Waals surface area contributed by atoms with Gasteiger partial charge in [0.15, 0.2) is 0 Å². The summed E-state index contributed by atoms with van der Waals surface area (Å²) in [7, 11) is 0. The van der Waals surface area contributed by atoms with Gasteiger partial charge in [-0.1, -0.05) is 39.5 Å². The zero-order chi connectivity index (χ0) is 9.23. The highest BCUT2D eigenvalue weighted by Gasteiger charge is 1.95. The third-order valence-corrected chi connectivity index (χ3v) is 2.06. The third-order valence-electron chi connectivity index (χ3n) is 2.06. The summed E-state index contributed by atoms with van der Waals surface area (Å²) in [5.74, 6) is 5.73.